The van der Waals surface area contributed by atoms with E-state index in [1.807, 2.05) is 13.1 Å². The number of nitrogens with zero attached hydrogens (tertiary/aromatic N) is 1. The first kappa shape index (κ1) is 12.1. The van der Waals surface area contributed by atoms with Crippen molar-refractivity contribution in [1.82, 2.24) is 4.90 Å². The van der Waals surface area contributed by atoms with E-state index in [1.54, 1.807) is 6.07 Å². The van der Waals surface area contributed by atoms with Crippen LogP contribution in [0.2, 0.25) is 0 Å². The van der Waals surface area contributed by atoms with Crippen molar-refractivity contribution in [2.45, 2.75) is 25.9 Å². The lowest BCUT2D eigenvalue weighted by molar-refractivity contribution is 0.257. The molecule has 0 bridgehead atoms. The zero-order valence-corrected chi connectivity index (χ0v) is 9.57. The van der Waals surface area contributed by atoms with E-state index in [0.29, 0.717) is 6.04 Å². The van der Waals surface area contributed by atoms with E-state index in [-0.39, 0.29) is 11.9 Å². The van der Waals surface area contributed by atoms with Gasteiger partial charge < -0.3 is 10.6 Å². The number of nitrogens with two attached hydrogens (primary N) is 1. The molecule has 15 heavy (non-hydrogen) atoms. The standard InChI is InChI=1S/C12H19FN2/c1-9(2)15(3)8-12(14)10-5-4-6-11(13)7-10/h4-7,9,12H,8,14H2,1-3H3. The summed E-state index contributed by atoms with van der Waals surface area (Å²) in [5.74, 6) is -0.227. The summed E-state index contributed by atoms with van der Waals surface area (Å²) in [6.45, 7) is 4.96. The third-order valence-corrected chi connectivity index (χ3v) is 2.64. The molecule has 0 saturated carbocycles. The van der Waals surface area contributed by atoms with E-state index in [9.17, 15) is 4.39 Å². The van der Waals surface area contributed by atoms with Crippen LogP contribution in [0.15, 0.2) is 24.3 Å². The summed E-state index contributed by atoms with van der Waals surface area (Å²) < 4.78 is 13.0. The molecule has 0 aliphatic rings. The van der Waals surface area contributed by atoms with Gasteiger partial charge >= 0.3 is 0 Å². The molecule has 1 aromatic rings. The lowest BCUT2D eigenvalue weighted by Gasteiger charge is -2.24. The Labute approximate surface area is 90.9 Å². The second kappa shape index (κ2) is 5.24. The summed E-state index contributed by atoms with van der Waals surface area (Å²) in [7, 11) is 2.02. The Kier molecular flexibility index (Phi) is 4.24. The Balaban J connectivity index is 2.64. The first-order chi connectivity index (χ1) is 7.00. The lowest BCUT2D eigenvalue weighted by Crippen LogP contribution is -2.33. The number of hydrogen-bond donors (Lipinski definition) is 1. The molecule has 0 aliphatic carbocycles. The van der Waals surface area contributed by atoms with Crippen molar-refractivity contribution in [3.63, 3.8) is 0 Å². The van der Waals surface area contributed by atoms with E-state index >= 15 is 0 Å². The SMILES string of the molecule is CC(C)N(C)CC(N)c1cccc(F)c1. The van der Waals surface area contributed by atoms with E-state index in [2.05, 4.69) is 18.7 Å². The van der Waals surface area contributed by atoms with Gasteiger partial charge in [-0.05, 0) is 38.6 Å². The molecular formula is C12H19FN2. The average Bonchev–Trinajstić information content (AvgIpc) is 2.17. The molecule has 0 spiro atoms. The van der Waals surface area contributed by atoms with E-state index in [0.717, 1.165) is 12.1 Å². The Bertz CT molecular complexity index is 312. The molecule has 0 aliphatic heterocycles. The summed E-state index contributed by atoms with van der Waals surface area (Å²) in [6.07, 6.45) is 0. The molecule has 0 saturated heterocycles. The van der Waals surface area contributed by atoms with Crippen LogP contribution in [0, 0.1) is 5.82 Å². The fourth-order valence-corrected chi connectivity index (χ4v) is 1.36. The van der Waals surface area contributed by atoms with Crippen LogP contribution in [0.5, 0.6) is 0 Å². The highest BCUT2D eigenvalue weighted by Crippen LogP contribution is 2.13. The van der Waals surface area contributed by atoms with Crippen LogP contribution in [-0.4, -0.2) is 24.5 Å². The van der Waals surface area contributed by atoms with Crippen LogP contribution in [0.25, 0.3) is 0 Å². The number of halogens is 1. The number of likely N-dealkylation sites (N-methyl/N-ethyl adjacent to an activating group) is 1. The zero-order chi connectivity index (χ0) is 11.4. The van der Waals surface area contributed by atoms with Crippen molar-refractivity contribution >= 4 is 0 Å². The van der Waals surface area contributed by atoms with Gasteiger partial charge in [0.25, 0.3) is 0 Å². The van der Waals surface area contributed by atoms with E-state index in [1.165, 1.54) is 12.1 Å². The summed E-state index contributed by atoms with van der Waals surface area (Å²) >= 11 is 0. The van der Waals surface area contributed by atoms with Gasteiger partial charge in [0.1, 0.15) is 5.82 Å². The number of benzene rings is 1. The molecule has 1 atom stereocenters. The van der Waals surface area contributed by atoms with Crippen LogP contribution in [-0.2, 0) is 0 Å². The minimum absolute atomic E-state index is 0.131. The molecule has 3 heteroatoms. The van der Waals surface area contributed by atoms with Crippen molar-refractivity contribution in [3.05, 3.63) is 35.6 Å². The highest BCUT2D eigenvalue weighted by atomic mass is 19.1. The predicted molar refractivity (Wildman–Crippen MR) is 61.1 cm³/mol. The molecule has 0 aromatic heterocycles. The van der Waals surface area contributed by atoms with E-state index in [4.69, 9.17) is 5.73 Å². The van der Waals surface area contributed by atoms with Crippen molar-refractivity contribution < 1.29 is 4.39 Å². The zero-order valence-electron chi connectivity index (χ0n) is 9.57. The van der Waals surface area contributed by atoms with Gasteiger partial charge in [-0.25, -0.2) is 4.39 Å². The molecule has 0 amide bonds. The summed E-state index contributed by atoms with van der Waals surface area (Å²) in [4.78, 5) is 2.15. The summed E-state index contributed by atoms with van der Waals surface area (Å²) in [5, 5.41) is 0. The smallest absolute Gasteiger partial charge is 0.123 e. The Morgan fingerprint density at radius 1 is 1.40 bits per heavy atom. The maximum Gasteiger partial charge on any atom is 0.123 e. The highest BCUT2D eigenvalue weighted by molar-refractivity contribution is 5.20. The van der Waals surface area contributed by atoms with Crippen LogP contribution in [0.4, 0.5) is 4.39 Å². The van der Waals surface area contributed by atoms with Crippen molar-refractivity contribution in [3.8, 4) is 0 Å². The maximum absolute atomic E-state index is 13.0. The molecule has 1 unspecified atom stereocenters. The molecule has 0 heterocycles. The fourth-order valence-electron chi connectivity index (χ4n) is 1.36. The molecule has 0 radical (unpaired) electrons. The summed E-state index contributed by atoms with van der Waals surface area (Å²) in [5.41, 5.74) is 6.84. The van der Waals surface area contributed by atoms with Crippen LogP contribution in [0.1, 0.15) is 25.5 Å². The van der Waals surface area contributed by atoms with Crippen LogP contribution in [0.3, 0.4) is 0 Å². The predicted octanol–water partition coefficient (Wildman–Crippen LogP) is 2.17. The minimum Gasteiger partial charge on any atom is -0.323 e. The van der Waals surface area contributed by atoms with Crippen molar-refractivity contribution in [1.29, 1.82) is 0 Å². The second-order valence-corrected chi connectivity index (χ2v) is 4.19. The summed E-state index contributed by atoms with van der Waals surface area (Å²) in [6, 6.07) is 6.81. The normalized spacial score (nSPS) is 13.5. The maximum atomic E-state index is 13.0. The van der Waals surface area contributed by atoms with E-state index < -0.39 is 0 Å². The quantitative estimate of drug-likeness (QED) is 0.825. The first-order valence-electron chi connectivity index (χ1n) is 5.22. The third-order valence-electron chi connectivity index (χ3n) is 2.64. The van der Waals surface area contributed by atoms with Gasteiger partial charge in [0.05, 0.1) is 0 Å². The van der Waals surface area contributed by atoms with Gasteiger partial charge in [-0.15, -0.1) is 0 Å². The average molecular weight is 210 g/mol. The van der Waals surface area contributed by atoms with Gasteiger partial charge in [-0.3, -0.25) is 0 Å². The molecule has 1 rings (SSSR count). The van der Waals surface area contributed by atoms with Crippen LogP contribution >= 0.6 is 0 Å². The van der Waals surface area contributed by atoms with Crippen LogP contribution < -0.4 is 5.73 Å². The molecule has 84 valence electrons. The van der Waals surface area contributed by atoms with Gasteiger partial charge in [0, 0.05) is 18.6 Å². The molecule has 2 nitrogen and oxygen atoms in total. The fraction of sp³-hybridized carbons (Fsp3) is 0.500. The Morgan fingerprint density at radius 2 is 2.07 bits per heavy atom. The van der Waals surface area contributed by atoms with Gasteiger partial charge in [-0.1, -0.05) is 12.1 Å². The number of hydrogen-bond acceptors (Lipinski definition) is 2. The molecular weight excluding hydrogens is 191 g/mol. The Morgan fingerprint density at radius 3 is 2.60 bits per heavy atom. The van der Waals surface area contributed by atoms with Gasteiger partial charge in [-0.2, -0.15) is 0 Å². The second-order valence-electron chi connectivity index (χ2n) is 4.19. The number of rotatable bonds is 4. The Hall–Kier alpha value is -0.930. The molecule has 2 N–H and O–H groups in total. The largest absolute Gasteiger partial charge is 0.323 e. The van der Waals surface area contributed by atoms with Crippen molar-refractivity contribution in [2.75, 3.05) is 13.6 Å². The monoisotopic (exact) mass is 210 g/mol. The highest BCUT2D eigenvalue weighted by Gasteiger charge is 2.11. The van der Waals surface area contributed by atoms with Gasteiger partial charge in [0.2, 0.25) is 0 Å². The molecule has 1 aromatic carbocycles. The minimum atomic E-state index is -0.227. The third kappa shape index (κ3) is 3.61. The first-order valence-corrected chi connectivity index (χ1v) is 5.22. The topological polar surface area (TPSA) is 29.3 Å². The lowest BCUT2D eigenvalue weighted by atomic mass is 10.1. The van der Waals surface area contributed by atoms with Crippen molar-refractivity contribution in [2.24, 2.45) is 5.73 Å². The van der Waals surface area contributed by atoms with Gasteiger partial charge in [0.15, 0.2) is 0 Å². The molecule has 0 fully saturated rings.